The number of hydrogen-bond acceptors (Lipinski definition) is 3. The summed E-state index contributed by atoms with van der Waals surface area (Å²) in [6, 6.07) is 97.4. The molecule has 0 saturated heterocycles. The Kier molecular flexibility index (Phi) is 10.4. The normalized spacial score (nSPS) is 11.5. The van der Waals surface area contributed by atoms with Gasteiger partial charge in [0.1, 0.15) is 0 Å². The maximum atomic E-state index is 5.47. The number of nitrogens with zero attached hydrogens (tertiary/aromatic N) is 5. The molecule has 0 N–H and O–H groups in total. The molecule has 14 rings (SSSR count). The molecule has 0 atom stereocenters. The molecule has 14 aromatic rings. The highest BCUT2D eigenvalue weighted by atomic mass is 15.2. The fourth-order valence-corrected chi connectivity index (χ4v) is 10.8. The number of hydrogen-bond donors (Lipinski definition) is 0. The summed E-state index contributed by atoms with van der Waals surface area (Å²) in [6.45, 7) is 0. The first-order valence-corrected chi connectivity index (χ1v) is 25.1. The van der Waals surface area contributed by atoms with Crippen molar-refractivity contribution in [1.82, 2.24) is 24.1 Å². The highest BCUT2D eigenvalue weighted by Crippen LogP contribution is 2.43. The molecule has 0 radical (unpaired) electrons. The van der Waals surface area contributed by atoms with Crippen molar-refractivity contribution < 1.29 is 0 Å². The van der Waals surface area contributed by atoms with Gasteiger partial charge in [0.15, 0.2) is 11.6 Å². The van der Waals surface area contributed by atoms with Gasteiger partial charge in [0, 0.05) is 38.4 Å². The van der Waals surface area contributed by atoms with E-state index in [1.807, 2.05) is 24.3 Å². The van der Waals surface area contributed by atoms with Gasteiger partial charge in [-0.05, 0) is 92.0 Å². The highest BCUT2D eigenvalue weighted by Gasteiger charge is 2.24. The van der Waals surface area contributed by atoms with Crippen LogP contribution in [0.25, 0.3) is 134 Å². The van der Waals surface area contributed by atoms with Gasteiger partial charge in [-0.25, -0.2) is 4.98 Å². The zero-order chi connectivity index (χ0) is 49.0. The summed E-state index contributed by atoms with van der Waals surface area (Å²) in [4.78, 5) is 16.1. The molecule has 5 heteroatoms. The molecular formula is C69H45N5. The number of rotatable bonds is 9. The summed E-state index contributed by atoms with van der Waals surface area (Å²) in [5.41, 5.74) is 18.5. The average molecular weight is 944 g/mol. The molecule has 5 nitrogen and oxygen atoms in total. The van der Waals surface area contributed by atoms with Crippen molar-refractivity contribution in [3.05, 3.63) is 273 Å². The molecular weight excluding hydrogens is 899 g/mol. The van der Waals surface area contributed by atoms with E-state index in [4.69, 9.17) is 15.0 Å². The van der Waals surface area contributed by atoms with Crippen LogP contribution in [0.4, 0.5) is 0 Å². The molecule has 0 unspecified atom stereocenters. The van der Waals surface area contributed by atoms with E-state index in [0.29, 0.717) is 17.6 Å². The Morgan fingerprint density at radius 1 is 0.216 bits per heavy atom. The van der Waals surface area contributed by atoms with Crippen LogP contribution in [0.5, 0.6) is 0 Å². The van der Waals surface area contributed by atoms with E-state index < -0.39 is 0 Å². The lowest BCUT2D eigenvalue weighted by Crippen LogP contribution is -2.07. The maximum absolute atomic E-state index is 5.47. The van der Waals surface area contributed by atoms with Gasteiger partial charge >= 0.3 is 0 Å². The molecule has 3 aromatic heterocycles. The first-order chi connectivity index (χ1) is 36.7. The van der Waals surface area contributed by atoms with Gasteiger partial charge in [-0.1, -0.05) is 237 Å². The minimum absolute atomic E-state index is 0.543. The first-order valence-electron chi connectivity index (χ1n) is 25.1. The topological polar surface area (TPSA) is 48.5 Å². The minimum atomic E-state index is 0.543. The molecule has 0 aliphatic heterocycles. The lowest BCUT2D eigenvalue weighted by molar-refractivity contribution is 0.953. The summed E-state index contributed by atoms with van der Waals surface area (Å²) in [5, 5.41) is 4.51. The number of benzene rings is 11. The third kappa shape index (κ3) is 7.54. The van der Waals surface area contributed by atoms with Crippen molar-refractivity contribution in [2.75, 3.05) is 0 Å². The van der Waals surface area contributed by atoms with Gasteiger partial charge in [-0.2, -0.15) is 9.97 Å². The van der Waals surface area contributed by atoms with E-state index in [-0.39, 0.29) is 0 Å². The zero-order valence-electron chi connectivity index (χ0n) is 40.2. The van der Waals surface area contributed by atoms with Gasteiger partial charge in [-0.3, -0.25) is 4.57 Å². The van der Waals surface area contributed by atoms with E-state index in [2.05, 4.69) is 258 Å². The molecule has 74 heavy (non-hydrogen) atoms. The first kappa shape index (κ1) is 42.9. The second-order valence-electron chi connectivity index (χ2n) is 18.8. The lowest BCUT2D eigenvalue weighted by Gasteiger charge is -2.16. The standard InChI is InChI=1S/C69H45N5/c1-5-18-46(19-6-1)49-32-36-51(37-33-49)56-43-57(52-38-34-50(35-39-52)47-20-7-2-8-21-47)45-58(44-56)73-63-30-15-13-28-59(63)61-40-41-62-60-29-14-16-31-64(60)74(66(62)65(61)73)69-71-67(53-24-11-4-12-25-53)70-68(72-69)55-27-17-26-54(42-55)48-22-9-3-10-23-48/h1-45H. The third-order valence-electron chi connectivity index (χ3n) is 14.4. The molecule has 0 fully saturated rings. The fraction of sp³-hybridized carbons (Fsp3) is 0. The van der Waals surface area contributed by atoms with Crippen molar-refractivity contribution in [3.63, 3.8) is 0 Å². The Hall–Kier alpha value is -9.97. The smallest absolute Gasteiger partial charge is 0.238 e. The molecule has 0 saturated carbocycles. The van der Waals surface area contributed by atoms with Crippen LogP contribution in [-0.4, -0.2) is 24.1 Å². The van der Waals surface area contributed by atoms with Crippen molar-refractivity contribution in [3.8, 4) is 90.0 Å². The summed E-state index contributed by atoms with van der Waals surface area (Å²) < 4.78 is 4.74. The Morgan fingerprint density at radius 2 is 0.568 bits per heavy atom. The molecule has 0 spiro atoms. The van der Waals surface area contributed by atoms with Crippen LogP contribution in [0, 0.1) is 0 Å². The van der Waals surface area contributed by atoms with E-state index in [1.54, 1.807) is 0 Å². The van der Waals surface area contributed by atoms with Crippen LogP contribution in [0.3, 0.4) is 0 Å². The molecule has 0 aliphatic carbocycles. The third-order valence-corrected chi connectivity index (χ3v) is 14.4. The van der Waals surface area contributed by atoms with Crippen molar-refractivity contribution in [2.24, 2.45) is 0 Å². The second-order valence-corrected chi connectivity index (χ2v) is 18.8. The van der Waals surface area contributed by atoms with Crippen LogP contribution < -0.4 is 0 Å². The maximum Gasteiger partial charge on any atom is 0.238 e. The van der Waals surface area contributed by atoms with Crippen LogP contribution in [-0.2, 0) is 0 Å². The Bertz CT molecular complexity index is 4270. The SMILES string of the molecule is c1ccc(-c2ccc(-c3cc(-c4ccc(-c5ccccc5)cc4)cc(-n4c5ccccc5c5ccc6c7ccccc7n(-c7nc(-c8ccccc8)nc(-c8cccc(-c9ccccc9)c8)n7)c6c54)c3)cc2)cc1. The number of aromatic nitrogens is 5. The van der Waals surface area contributed by atoms with Gasteiger partial charge in [-0.15, -0.1) is 0 Å². The second kappa shape index (κ2) is 18.0. The zero-order valence-corrected chi connectivity index (χ0v) is 40.2. The Labute approximate surface area is 428 Å². The lowest BCUT2D eigenvalue weighted by atomic mass is 9.95. The molecule has 0 aliphatic rings. The van der Waals surface area contributed by atoms with Gasteiger partial charge in [0.2, 0.25) is 5.95 Å². The van der Waals surface area contributed by atoms with Crippen LogP contribution in [0.1, 0.15) is 0 Å². The Balaban J connectivity index is 1.04. The predicted octanol–water partition coefficient (Wildman–Crippen LogP) is 17.7. The number of fused-ring (bicyclic) bond motifs is 7. The predicted molar refractivity (Wildman–Crippen MR) is 307 cm³/mol. The summed E-state index contributed by atoms with van der Waals surface area (Å²) in [7, 11) is 0. The quantitative estimate of drug-likeness (QED) is 0.145. The molecule has 0 bridgehead atoms. The Morgan fingerprint density at radius 3 is 1.08 bits per heavy atom. The van der Waals surface area contributed by atoms with E-state index in [0.717, 1.165) is 93.8 Å². The summed E-state index contributed by atoms with van der Waals surface area (Å²) in [5.74, 6) is 1.74. The van der Waals surface area contributed by atoms with Crippen LogP contribution >= 0.6 is 0 Å². The summed E-state index contributed by atoms with van der Waals surface area (Å²) in [6.07, 6.45) is 0. The largest absolute Gasteiger partial charge is 0.307 e. The average Bonchev–Trinajstić information content (AvgIpc) is 4.02. The molecule has 346 valence electrons. The summed E-state index contributed by atoms with van der Waals surface area (Å²) >= 11 is 0. The van der Waals surface area contributed by atoms with Crippen LogP contribution in [0.15, 0.2) is 273 Å². The van der Waals surface area contributed by atoms with E-state index in [1.165, 1.54) is 22.3 Å². The highest BCUT2D eigenvalue weighted by molar-refractivity contribution is 6.23. The van der Waals surface area contributed by atoms with Crippen LogP contribution in [0.2, 0.25) is 0 Å². The van der Waals surface area contributed by atoms with Gasteiger partial charge in [0.05, 0.1) is 22.1 Å². The molecule has 3 heterocycles. The van der Waals surface area contributed by atoms with Crippen molar-refractivity contribution in [1.29, 1.82) is 0 Å². The van der Waals surface area contributed by atoms with E-state index >= 15 is 0 Å². The van der Waals surface area contributed by atoms with E-state index in [9.17, 15) is 0 Å². The van der Waals surface area contributed by atoms with Crippen molar-refractivity contribution >= 4 is 43.6 Å². The molecule has 11 aromatic carbocycles. The fourth-order valence-electron chi connectivity index (χ4n) is 10.8. The van der Waals surface area contributed by atoms with Crippen molar-refractivity contribution in [2.45, 2.75) is 0 Å². The van der Waals surface area contributed by atoms with Gasteiger partial charge < -0.3 is 4.57 Å². The molecule has 0 amide bonds. The number of para-hydroxylation sites is 2. The van der Waals surface area contributed by atoms with Gasteiger partial charge in [0.25, 0.3) is 0 Å². The monoisotopic (exact) mass is 943 g/mol. The minimum Gasteiger partial charge on any atom is -0.307 e.